The fraction of sp³-hybridized carbons (Fsp3) is 1.00. The number of hydrogen-bond donors (Lipinski definition) is 0. The maximum Gasteiger partial charge on any atom is 0.485 e. The summed E-state index contributed by atoms with van der Waals surface area (Å²) in [4.78, 5) is 0. The monoisotopic (exact) mass is 240 g/mol. The molecule has 1 unspecified atom stereocenters. The molecule has 1 atom stereocenters. The smallest absolute Gasteiger partial charge is 0.376 e. The van der Waals surface area contributed by atoms with E-state index in [0.717, 1.165) is 19.3 Å². The lowest BCUT2D eigenvalue weighted by atomic mass is 10.5. The normalized spacial score (nSPS) is 13.5. The summed E-state index contributed by atoms with van der Waals surface area (Å²) in [6.45, 7) is 7.47. The Morgan fingerprint density at radius 3 is 1.93 bits per heavy atom. The van der Waals surface area contributed by atoms with Crippen molar-refractivity contribution in [3.63, 3.8) is 0 Å². The van der Waals surface area contributed by atoms with E-state index in [1.165, 1.54) is 0 Å². The maximum atomic E-state index is 5.87. The van der Waals surface area contributed by atoms with E-state index in [2.05, 4.69) is 13.8 Å². The van der Waals surface area contributed by atoms with Gasteiger partial charge in [-0.2, -0.15) is 0 Å². The Hall–Kier alpha value is 0.387. The first kappa shape index (κ1) is 14.4. The van der Waals surface area contributed by atoms with Gasteiger partial charge < -0.3 is 13.3 Å². The van der Waals surface area contributed by atoms with Crippen molar-refractivity contribution in [3.8, 4) is 0 Å². The number of alkyl halides is 1. The van der Waals surface area contributed by atoms with Crippen LogP contribution >= 0.6 is 11.6 Å². The lowest BCUT2D eigenvalue weighted by Crippen LogP contribution is -2.30. The van der Waals surface area contributed by atoms with E-state index in [1.807, 2.05) is 6.92 Å². The number of rotatable bonds is 9. The molecule has 0 aliphatic heterocycles. The summed E-state index contributed by atoms with van der Waals surface area (Å²) < 4.78 is 16.4. The van der Waals surface area contributed by atoms with Crippen LogP contribution in [0.1, 0.15) is 40.0 Å². The quantitative estimate of drug-likeness (QED) is 0.458. The van der Waals surface area contributed by atoms with Crippen LogP contribution in [0.25, 0.3) is 0 Å². The van der Waals surface area contributed by atoms with E-state index < -0.39 is 9.53 Å². The Labute approximate surface area is 93.7 Å². The largest absolute Gasteiger partial charge is 0.485 e. The van der Waals surface area contributed by atoms with Crippen molar-refractivity contribution in [3.05, 3.63) is 0 Å². The molecule has 0 aromatic carbocycles. The summed E-state index contributed by atoms with van der Waals surface area (Å²) >= 11 is 5.87. The van der Waals surface area contributed by atoms with Crippen molar-refractivity contribution in [2.24, 2.45) is 0 Å². The first-order chi connectivity index (χ1) is 6.74. The third kappa shape index (κ3) is 7.76. The molecule has 3 nitrogen and oxygen atoms in total. The topological polar surface area (TPSA) is 27.7 Å². The zero-order valence-electron chi connectivity index (χ0n) is 9.29. The summed E-state index contributed by atoms with van der Waals surface area (Å²) in [6.07, 6.45) is 2.72. The van der Waals surface area contributed by atoms with Gasteiger partial charge in [-0.25, -0.2) is 0 Å². The summed E-state index contributed by atoms with van der Waals surface area (Å²) in [5, 5.41) is 0. The third-order valence-electron chi connectivity index (χ3n) is 1.50. The molecule has 5 heteroatoms. The Kier molecular flexibility index (Phi) is 10.2. The highest BCUT2D eigenvalue weighted by Crippen LogP contribution is 2.07. The highest BCUT2D eigenvalue weighted by molar-refractivity contribution is 6.37. The molecule has 0 aromatic rings. The van der Waals surface area contributed by atoms with Crippen LogP contribution in [0, 0.1) is 0 Å². The molecule has 0 fully saturated rings. The van der Waals surface area contributed by atoms with Crippen molar-refractivity contribution >= 4 is 21.1 Å². The molecule has 0 spiro atoms. The number of hydrogen-bond acceptors (Lipinski definition) is 3. The Balaban J connectivity index is 3.71. The second kappa shape index (κ2) is 9.92. The minimum absolute atomic E-state index is 0.277. The van der Waals surface area contributed by atoms with Gasteiger partial charge in [0, 0.05) is 13.2 Å². The van der Waals surface area contributed by atoms with Gasteiger partial charge in [-0.05, 0) is 19.3 Å². The Morgan fingerprint density at radius 2 is 1.57 bits per heavy atom. The van der Waals surface area contributed by atoms with Crippen molar-refractivity contribution in [1.82, 2.24) is 0 Å². The van der Waals surface area contributed by atoms with Gasteiger partial charge in [0.1, 0.15) is 5.56 Å². The van der Waals surface area contributed by atoms with E-state index in [0.29, 0.717) is 13.2 Å². The summed E-state index contributed by atoms with van der Waals surface area (Å²) in [5.41, 5.74) is -0.277. The second-order valence-electron chi connectivity index (χ2n) is 2.98. The predicted octanol–water partition coefficient (Wildman–Crippen LogP) is 2.55. The van der Waals surface area contributed by atoms with Gasteiger partial charge in [0.05, 0.1) is 0 Å². The zero-order chi connectivity index (χ0) is 10.8. The molecular formula is C9H21ClO3Si. The van der Waals surface area contributed by atoms with Gasteiger partial charge in [-0.15, -0.1) is 0 Å². The van der Waals surface area contributed by atoms with E-state index in [1.54, 1.807) is 0 Å². The van der Waals surface area contributed by atoms with Gasteiger partial charge >= 0.3 is 9.53 Å². The molecule has 86 valence electrons. The van der Waals surface area contributed by atoms with Crippen LogP contribution in [0.15, 0.2) is 0 Å². The lowest BCUT2D eigenvalue weighted by molar-refractivity contribution is 0.0817. The van der Waals surface area contributed by atoms with Gasteiger partial charge in [-0.1, -0.05) is 32.4 Å². The highest BCUT2D eigenvalue weighted by atomic mass is 35.5. The zero-order valence-corrected chi connectivity index (χ0v) is 11.2. The van der Waals surface area contributed by atoms with E-state index in [4.69, 9.17) is 24.9 Å². The SMILES string of the molecule is CCCO[SiH](OCCC)OC(Cl)CC. The van der Waals surface area contributed by atoms with Crippen LogP contribution < -0.4 is 0 Å². The second-order valence-corrected chi connectivity index (χ2v) is 4.99. The average Bonchev–Trinajstić information content (AvgIpc) is 2.21. The molecule has 0 aromatic heterocycles. The average molecular weight is 241 g/mol. The fourth-order valence-electron chi connectivity index (χ4n) is 0.772. The van der Waals surface area contributed by atoms with Gasteiger partial charge in [-0.3, -0.25) is 0 Å². The fourth-order valence-corrected chi connectivity index (χ4v) is 2.57. The molecule has 0 rings (SSSR count). The predicted molar refractivity (Wildman–Crippen MR) is 60.7 cm³/mol. The molecule has 0 bridgehead atoms. The van der Waals surface area contributed by atoms with Gasteiger partial charge in [0.2, 0.25) is 0 Å². The first-order valence-corrected chi connectivity index (χ1v) is 7.12. The Morgan fingerprint density at radius 1 is 1.07 bits per heavy atom. The Bertz CT molecular complexity index is 119. The third-order valence-corrected chi connectivity index (χ3v) is 3.65. The molecule has 0 radical (unpaired) electrons. The van der Waals surface area contributed by atoms with Crippen LogP contribution in [0.4, 0.5) is 0 Å². The van der Waals surface area contributed by atoms with Crippen LogP contribution in [0.2, 0.25) is 0 Å². The summed E-state index contributed by atoms with van der Waals surface area (Å²) in [5.74, 6) is 0. The highest BCUT2D eigenvalue weighted by Gasteiger charge is 2.18. The molecule has 0 saturated heterocycles. The molecule has 0 amide bonds. The van der Waals surface area contributed by atoms with Crippen molar-refractivity contribution in [2.75, 3.05) is 13.2 Å². The molecule has 0 heterocycles. The number of halogens is 1. The molecule has 14 heavy (non-hydrogen) atoms. The molecule has 0 aliphatic carbocycles. The van der Waals surface area contributed by atoms with Gasteiger partial charge in [0.25, 0.3) is 0 Å². The van der Waals surface area contributed by atoms with Crippen LogP contribution in [0.5, 0.6) is 0 Å². The van der Waals surface area contributed by atoms with Crippen molar-refractivity contribution in [1.29, 1.82) is 0 Å². The molecular weight excluding hydrogens is 220 g/mol. The minimum atomic E-state index is -1.98. The standard InChI is InChI=1S/C9H21ClO3Si/c1-4-7-11-14(12-8-5-2)13-9(10)6-3/h9,14H,4-8H2,1-3H3. The lowest BCUT2D eigenvalue weighted by Gasteiger charge is -2.18. The minimum Gasteiger partial charge on any atom is -0.376 e. The van der Waals surface area contributed by atoms with E-state index in [9.17, 15) is 0 Å². The summed E-state index contributed by atoms with van der Waals surface area (Å²) in [6, 6.07) is 0. The van der Waals surface area contributed by atoms with Crippen molar-refractivity contribution in [2.45, 2.75) is 45.6 Å². The maximum absolute atomic E-state index is 5.87. The first-order valence-electron chi connectivity index (χ1n) is 5.27. The molecule has 0 aliphatic rings. The van der Waals surface area contributed by atoms with Crippen LogP contribution in [-0.4, -0.2) is 28.3 Å². The van der Waals surface area contributed by atoms with Crippen molar-refractivity contribution < 1.29 is 13.3 Å². The van der Waals surface area contributed by atoms with Crippen LogP contribution in [0.3, 0.4) is 0 Å². The van der Waals surface area contributed by atoms with Gasteiger partial charge in [0.15, 0.2) is 0 Å². The molecule has 0 N–H and O–H groups in total. The summed E-state index contributed by atoms with van der Waals surface area (Å²) in [7, 11) is -1.98. The molecule has 0 saturated carbocycles. The van der Waals surface area contributed by atoms with E-state index in [-0.39, 0.29) is 5.56 Å². The van der Waals surface area contributed by atoms with Crippen LogP contribution in [-0.2, 0) is 13.3 Å². The van der Waals surface area contributed by atoms with E-state index >= 15 is 0 Å².